The average molecular weight is 557 g/mol. The Labute approximate surface area is 220 Å². The van der Waals surface area contributed by atoms with E-state index < -0.39 is 20.5 Å². The number of carboxylic acids is 1. The Hall–Kier alpha value is -2.90. The minimum Gasteiger partial charge on any atom is -0.475 e. The fourth-order valence-corrected chi connectivity index (χ4v) is 5.54. The number of imidazole rings is 1. The number of carboxylic acid groups (broad SMARTS) is 1. The number of alkyl halides is 3. The lowest BCUT2D eigenvalue weighted by Gasteiger charge is -2.39. The molecule has 1 amide bonds. The SMILES string of the molecule is CC(C)(C)[Si](C)(C)OC1CN(Cc2ccccc2)C(=O)c2c3n(c(=O)n2C1)CCNC3.O=C(O)C(F)(F)F. The predicted molar refractivity (Wildman–Crippen MR) is 137 cm³/mol. The van der Waals surface area contributed by atoms with Gasteiger partial charge in [-0.2, -0.15) is 13.2 Å². The Bertz CT molecular complexity index is 1220. The van der Waals surface area contributed by atoms with Gasteiger partial charge in [0.1, 0.15) is 5.69 Å². The van der Waals surface area contributed by atoms with Crippen molar-refractivity contribution in [2.75, 3.05) is 13.1 Å². The molecule has 2 aliphatic rings. The summed E-state index contributed by atoms with van der Waals surface area (Å²) in [6.07, 6.45) is -5.30. The number of hydrogen-bond donors (Lipinski definition) is 2. The second kappa shape index (κ2) is 11.1. The molecule has 2 N–H and O–H groups in total. The van der Waals surface area contributed by atoms with Gasteiger partial charge in [0.05, 0.1) is 18.3 Å². The van der Waals surface area contributed by atoms with E-state index >= 15 is 0 Å². The number of carbonyl (C=O) groups excluding carboxylic acids is 1. The van der Waals surface area contributed by atoms with Crippen molar-refractivity contribution in [2.45, 2.75) is 77.4 Å². The van der Waals surface area contributed by atoms with Crippen LogP contribution in [0.4, 0.5) is 13.2 Å². The number of rotatable bonds is 4. The third-order valence-corrected chi connectivity index (χ3v) is 11.7. The number of amides is 1. The fourth-order valence-electron chi connectivity index (χ4n) is 4.20. The molecule has 1 aromatic carbocycles. The van der Waals surface area contributed by atoms with E-state index in [1.807, 2.05) is 35.2 Å². The number of fused-ring (bicyclic) bond motifs is 3. The van der Waals surface area contributed by atoms with E-state index in [1.165, 1.54) is 0 Å². The lowest BCUT2D eigenvalue weighted by atomic mass is 10.2. The molecular weight excluding hydrogens is 521 g/mol. The minimum absolute atomic E-state index is 0.0469. The molecule has 1 unspecified atom stereocenters. The zero-order valence-electron chi connectivity index (χ0n) is 22.3. The molecule has 3 heterocycles. The summed E-state index contributed by atoms with van der Waals surface area (Å²) in [5.41, 5.74) is 2.30. The highest BCUT2D eigenvalue weighted by Gasteiger charge is 2.42. The first kappa shape index (κ1) is 29.6. The normalized spacial score (nSPS) is 18.2. The van der Waals surface area contributed by atoms with Crippen molar-refractivity contribution in [3.05, 3.63) is 57.8 Å². The van der Waals surface area contributed by atoms with Crippen LogP contribution in [0.25, 0.3) is 0 Å². The van der Waals surface area contributed by atoms with E-state index in [4.69, 9.17) is 14.3 Å². The lowest BCUT2D eigenvalue weighted by molar-refractivity contribution is -0.192. The summed E-state index contributed by atoms with van der Waals surface area (Å²) in [4.78, 5) is 37.7. The van der Waals surface area contributed by atoms with Gasteiger partial charge >= 0.3 is 17.8 Å². The molecule has 0 bridgehead atoms. The molecule has 1 atom stereocenters. The van der Waals surface area contributed by atoms with Crippen LogP contribution < -0.4 is 11.0 Å². The first-order valence-electron chi connectivity index (χ1n) is 12.4. The monoisotopic (exact) mass is 556 g/mol. The fraction of sp³-hybridized carbons (Fsp3) is 0.560. The molecule has 9 nitrogen and oxygen atoms in total. The molecular formula is C25H35F3N4O5Si. The van der Waals surface area contributed by atoms with Crippen molar-refractivity contribution in [3.63, 3.8) is 0 Å². The van der Waals surface area contributed by atoms with Gasteiger partial charge < -0.3 is 19.7 Å². The molecule has 0 radical (unpaired) electrons. The summed E-state index contributed by atoms with van der Waals surface area (Å²) >= 11 is 0. The first-order chi connectivity index (χ1) is 17.5. The molecule has 4 rings (SSSR count). The van der Waals surface area contributed by atoms with Crippen LogP contribution in [0.15, 0.2) is 35.1 Å². The van der Waals surface area contributed by atoms with E-state index in [2.05, 4.69) is 39.2 Å². The zero-order valence-corrected chi connectivity index (χ0v) is 23.3. The van der Waals surface area contributed by atoms with Crippen LogP contribution in [0.1, 0.15) is 42.5 Å². The standard InChI is InChI=1S/C23H34N4O3Si.C2HF3O2/c1-23(2,3)31(4,5)30-18-15-25(14-17-9-7-6-8-10-17)21(28)20-19-13-24-11-12-26(19)22(29)27(20)16-18;3-2(4,5)1(6)7/h6-10,18,24H,11-16H2,1-5H3;(H,6,7). The molecule has 1 aromatic heterocycles. The van der Waals surface area contributed by atoms with Gasteiger partial charge in [0.25, 0.3) is 5.91 Å². The average Bonchev–Trinajstić information content (AvgIpc) is 3.01. The van der Waals surface area contributed by atoms with Crippen molar-refractivity contribution in [1.29, 1.82) is 0 Å². The molecule has 38 heavy (non-hydrogen) atoms. The molecule has 2 aliphatic heterocycles. The molecule has 13 heteroatoms. The van der Waals surface area contributed by atoms with Crippen LogP contribution in [0, 0.1) is 0 Å². The Kier molecular flexibility index (Phi) is 8.63. The summed E-state index contributed by atoms with van der Waals surface area (Å²) in [6, 6.07) is 10.0. The van der Waals surface area contributed by atoms with Crippen LogP contribution >= 0.6 is 0 Å². The summed E-state index contributed by atoms with van der Waals surface area (Å²) < 4.78 is 41.9. The molecule has 210 valence electrons. The van der Waals surface area contributed by atoms with Crippen molar-refractivity contribution in [1.82, 2.24) is 19.4 Å². The van der Waals surface area contributed by atoms with E-state index in [0.29, 0.717) is 38.4 Å². The van der Waals surface area contributed by atoms with Gasteiger partial charge in [0.2, 0.25) is 0 Å². The predicted octanol–water partition coefficient (Wildman–Crippen LogP) is 3.43. The van der Waals surface area contributed by atoms with Gasteiger partial charge in [-0.3, -0.25) is 13.9 Å². The second-order valence-electron chi connectivity index (χ2n) is 11.0. The number of aliphatic carboxylic acids is 1. The lowest BCUT2D eigenvalue weighted by Crippen LogP contribution is -2.48. The maximum absolute atomic E-state index is 13.7. The van der Waals surface area contributed by atoms with E-state index in [-0.39, 0.29) is 22.7 Å². The smallest absolute Gasteiger partial charge is 0.475 e. The van der Waals surface area contributed by atoms with E-state index in [0.717, 1.165) is 17.8 Å². The summed E-state index contributed by atoms with van der Waals surface area (Å²) in [7, 11) is -2.08. The van der Waals surface area contributed by atoms with Gasteiger partial charge in [0.15, 0.2) is 8.32 Å². The Morgan fingerprint density at radius 1 is 1.11 bits per heavy atom. The van der Waals surface area contributed by atoms with Gasteiger partial charge in [0, 0.05) is 32.7 Å². The topological polar surface area (TPSA) is 106 Å². The van der Waals surface area contributed by atoms with Gasteiger partial charge in [-0.1, -0.05) is 51.1 Å². The van der Waals surface area contributed by atoms with Crippen LogP contribution in [-0.4, -0.2) is 64.7 Å². The zero-order chi connectivity index (χ0) is 28.5. The highest BCUT2D eigenvalue weighted by atomic mass is 28.4. The van der Waals surface area contributed by atoms with Crippen LogP contribution in [0.2, 0.25) is 18.1 Å². The van der Waals surface area contributed by atoms with Crippen molar-refractivity contribution in [3.8, 4) is 0 Å². The summed E-state index contributed by atoms with van der Waals surface area (Å²) in [5, 5.41) is 10.5. The molecule has 0 spiro atoms. The largest absolute Gasteiger partial charge is 0.490 e. The van der Waals surface area contributed by atoms with Gasteiger partial charge in [-0.25, -0.2) is 9.59 Å². The van der Waals surface area contributed by atoms with E-state index in [1.54, 1.807) is 9.13 Å². The molecule has 0 saturated carbocycles. The number of halogens is 3. The second-order valence-corrected chi connectivity index (χ2v) is 15.7. The minimum atomic E-state index is -5.08. The molecule has 2 aromatic rings. The summed E-state index contributed by atoms with van der Waals surface area (Å²) in [5.74, 6) is -2.84. The number of aromatic nitrogens is 2. The summed E-state index contributed by atoms with van der Waals surface area (Å²) in [6.45, 7) is 14.3. The third-order valence-electron chi connectivity index (χ3n) is 7.16. The van der Waals surface area contributed by atoms with Crippen LogP contribution in [0.3, 0.4) is 0 Å². The number of nitrogens with one attached hydrogen (secondary N) is 1. The van der Waals surface area contributed by atoms with Gasteiger partial charge in [-0.15, -0.1) is 0 Å². The Balaban J connectivity index is 0.000000505. The van der Waals surface area contributed by atoms with Crippen molar-refractivity contribution < 1.29 is 32.3 Å². The highest BCUT2D eigenvalue weighted by Crippen LogP contribution is 2.38. The number of carbonyl (C=O) groups is 2. The van der Waals surface area contributed by atoms with Crippen molar-refractivity contribution >= 4 is 20.2 Å². The maximum atomic E-state index is 13.7. The van der Waals surface area contributed by atoms with Crippen molar-refractivity contribution in [2.24, 2.45) is 0 Å². The number of nitrogens with zero attached hydrogens (tertiary/aromatic N) is 3. The van der Waals surface area contributed by atoms with E-state index in [9.17, 15) is 22.8 Å². The highest BCUT2D eigenvalue weighted by molar-refractivity contribution is 6.74. The number of hydrogen-bond acceptors (Lipinski definition) is 5. The Morgan fingerprint density at radius 2 is 1.71 bits per heavy atom. The molecule has 0 aliphatic carbocycles. The first-order valence-corrected chi connectivity index (χ1v) is 15.3. The third kappa shape index (κ3) is 6.56. The Morgan fingerprint density at radius 3 is 2.26 bits per heavy atom. The quantitative estimate of drug-likeness (QED) is 0.559. The molecule has 0 saturated heterocycles. The van der Waals surface area contributed by atoms with Gasteiger partial charge in [-0.05, 0) is 23.7 Å². The molecule has 0 fully saturated rings. The van der Waals surface area contributed by atoms with Crippen LogP contribution in [0.5, 0.6) is 0 Å². The maximum Gasteiger partial charge on any atom is 0.490 e. The number of benzene rings is 1. The van der Waals surface area contributed by atoms with Crippen LogP contribution in [-0.2, 0) is 35.4 Å².